The molecule has 3 nitrogen and oxygen atoms in total. The van der Waals surface area contributed by atoms with E-state index in [2.05, 4.69) is 28.9 Å². The van der Waals surface area contributed by atoms with E-state index >= 15 is 0 Å². The highest BCUT2D eigenvalue weighted by atomic mass is 32.1. The van der Waals surface area contributed by atoms with Gasteiger partial charge < -0.3 is 5.32 Å². The van der Waals surface area contributed by atoms with E-state index in [0.29, 0.717) is 0 Å². The fraction of sp³-hybridized carbons (Fsp3) is 0.462. The summed E-state index contributed by atoms with van der Waals surface area (Å²) in [5, 5.41) is 2.97. The predicted octanol–water partition coefficient (Wildman–Crippen LogP) is 2.63. The van der Waals surface area contributed by atoms with Crippen molar-refractivity contribution in [2.45, 2.75) is 38.5 Å². The van der Waals surface area contributed by atoms with Crippen LogP contribution in [0.1, 0.15) is 35.1 Å². The molecule has 0 aliphatic heterocycles. The zero-order chi connectivity index (χ0) is 11.8. The second-order valence-corrected chi connectivity index (χ2v) is 5.02. The number of carbonyl (C=O) groups excluding carboxylic acids is 1. The van der Waals surface area contributed by atoms with Gasteiger partial charge in [-0.15, -0.1) is 0 Å². The van der Waals surface area contributed by atoms with Crippen molar-refractivity contribution >= 4 is 24.5 Å². The molecule has 0 saturated carbocycles. The minimum atomic E-state index is -0.234. The summed E-state index contributed by atoms with van der Waals surface area (Å²) < 4.78 is 2.34. The summed E-state index contributed by atoms with van der Waals surface area (Å²) in [6, 6.07) is 2.12. The normalized spacial score (nSPS) is 16.5. The molecule has 2 amide bonds. The lowest BCUT2D eigenvalue weighted by Gasteiger charge is -2.15. The maximum Gasteiger partial charge on any atom is 0.329 e. The first-order valence-corrected chi connectivity index (χ1v) is 6.62. The van der Waals surface area contributed by atoms with Gasteiger partial charge in [0.1, 0.15) is 0 Å². The predicted molar refractivity (Wildman–Crippen MR) is 71.6 cm³/mol. The minimum Gasteiger partial charge on any atom is -0.307 e. The van der Waals surface area contributed by atoms with Crippen molar-refractivity contribution in [1.82, 2.24) is 4.72 Å². The van der Waals surface area contributed by atoms with Gasteiger partial charge in [-0.1, -0.05) is 18.9 Å². The van der Waals surface area contributed by atoms with E-state index in [0.717, 1.165) is 31.4 Å². The molecule has 0 unspecified atom stereocenters. The minimum absolute atomic E-state index is 0.234. The molecule has 0 bridgehead atoms. The Morgan fingerprint density at radius 1 is 1.06 bits per heavy atom. The Kier molecular flexibility index (Phi) is 2.74. The van der Waals surface area contributed by atoms with Crippen molar-refractivity contribution in [1.29, 1.82) is 0 Å². The molecule has 2 aliphatic rings. The summed E-state index contributed by atoms with van der Waals surface area (Å²) >= 11 is 3.79. The third-order valence-corrected chi connectivity index (χ3v) is 4.02. The van der Waals surface area contributed by atoms with Crippen molar-refractivity contribution in [3.05, 3.63) is 28.3 Å². The lowest BCUT2D eigenvalue weighted by molar-refractivity contribution is 0.257. The Bertz CT molecular complexity index is 453. The van der Waals surface area contributed by atoms with Crippen LogP contribution in [0.4, 0.5) is 10.5 Å². The molecular weight excluding hydrogens is 232 g/mol. The first-order valence-electron chi connectivity index (χ1n) is 6.17. The van der Waals surface area contributed by atoms with Crippen molar-refractivity contribution in [3.8, 4) is 0 Å². The van der Waals surface area contributed by atoms with E-state index in [1.165, 1.54) is 35.1 Å². The molecule has 0 fully saturated rings. The van der Waals surface area contributed by atoms with Gasteiger partial charge in [0.05, 0.1) is 0 Å². The van der Waals surface area contributed by atoms with Crippen LogP contribution in [0.3, 0.4) is 0 Å². The summed E-state index contributed by atoms with van der Waals surface area (Å²) in [6.07, 6.45) is 6.89. The number of anilines is 1. The average Bonchev–Trinajstić information content (AvgIpc) is 2.96. The highest BCUT2D eigenvalue weighted by Crippen LogP contribution is 2.38. The number of nitrogens with one attached hydrogen (secondary N) is 2. The smallest absolute Gasteiger partial charge is 0.307 e. The standard InChI is InChI=1S/C13H16N2OS/c16-13(15-17)14-12-10-5-1-3-8(10)7-9-4-2-6-11(9)12/h7,17H,1-6H2,(H2,14,15,16). The van der Waals surface area contributed by atoms with Crippen LogP contribution < -0.4 is 10.0 Å². The molecule has 3 rings (SSSR count). The fourth-order valence-corrected chi connectivity index (χ4v) is 3.16. The van der Waals surface area contributed by atoms with Gasteiger partial charge in [-0.25, -0.2) is 4.79 Å². The van der Waals surface area contributed by atoms with Gasteiger partial charge >= 0.3 is 6.03 Å². The Balaban J connectivity index is 2.08. The van der Waals surface area contributed by atoms with E-state index in [1.54, 1.807) is 0 Å². The van der Waals surface area contributed by atoms with Crippen LogP contribution in [0.25, 0.3) is 0 Å². The van der Waals surface area contributed by atoms with E-state index < -0.39 is 0 Å². The highest BCUT2D eigenvalue weighted by Gasteiger charge is 2.24. The van der Waals surface area contributed by atoms with Gasteiger partial charge in [-0.3, -0.25) is 4.72 Å². The molecule has 90 valence electrons. The summed E-state index contributed by atoms with van der Waals surface area (Å²) in [5.41, 5.74) is 6.63. The van der Waals surface area contributed by atoms with Crippen molar-refractivity contribution in [2.24, 2.45) is 0 Å². The van der Waals surface area contributed by atoms with E-state index in [-0.39, 0.29) is 6.03 Å². The summed E-state index contributed by atoms with van der Waals surface area (Å²) in [7, 11) is 0. The second-order valence-electron chi connectivity index (χ2n) is 4.80. The van der Waals surface area contributed by atoms with Crippen LogP contribution in [0.5, 0.6) is 0 Å². The summed E-state index contributed by atoms with van der Waals surface area (Å²) in [4.78, 5) is 11.5. The maximum absolute atomic E-state index is 11.5. The molecule has 2 aliphatic carbocycles. The first kappa shape index (κ1) is 11.0. The molecule has 1 aromatic rings. The van der Waals surface area contributed by atoms with Crippen LogP contribution in [0.15, 0.2) is 6.07 Å². The number of thiol groups is 1. The maximum atomic E-state index is 11.5. The fourth-order valence-electron chi connectivity index (χ4n) is 3.11. The quantitative estimate of drug-likeness (QED) is 0.657. The monoisotopic (exact) mass is 248 g/mol. The number of hydrogen-bond donors (Lipinski definition) is 3. The van der Waals surface area contributed by atoms with Crippen LogP contribution >= 0.6 is 12.8 Å². The molecule has 0 atom stereocenters. The number of urea groups is 1. The van der Waals surface area contributed by atoms with Crippen molar-refractivity contribution < 1.29 is 4.79 Å². The molecule has 1 aromatic carbocycles. The Morgan fingerprint density at radius 2 is 1.65 bits per heavy atom. The zero-order valence-corrected chi connectivity index (χ0v) is 10.6. The third kappa shape index (κ3) is 1.80. The Morgan fingerprint density at radius 3 is 2.18 bits per heavy atom. The van der Waals surface area contributed by atoms with Gasteiger partial charge in [-0.2, -0.15) is 0 Å². The number of fused-ring (bicyclic) bond motifs is 2. The van der Waals surface area contributed by atoms with Crippen molar-refractivity contribution in [3.63, 3.8) is 0 Å². The van der Waals surface area contributed by atoms with Crippen LogP contribution in [-0.2, 0) is 25.7 Å². The van der Waals surface area contributed by atoms with E-state index in [9.17, 15) is 4.79 Å². The molecule has 0 radical (unpaired) electrons. The van der Waals surface area contributed by atoms with Crippen LogP contribution in [0, 0.1) is 0 Å². The summed E-state index contributed by atoms with van der Waals surface area (Å²) in [5.74, 6) is 0. The lowest BCUT2D eigenvalue weighted by Crippen LogP contribution is -2.22. The largest absolute Gasteiger partial charge is 0.329 e. The number of hydrogen-bond acceptors (Lipinski definition) is 2. The Hall–Kier alpha value is -1.16. The molecular formula is C13H16N2OS. The van der Waals surface area contributed by atoms with Gasteiger partial charge in [0.2, 0.25) is 0 Å². The number of rotatable bonds is 1. The van der Waals surface area contributed by atoms with Crippen molar-refractivity contribution in [2.75, 3.05) is 5.32 Å². The highest BCUT2D eigenvalue weighted by molar-refractivity contribution is 7.78. The van der Waals surface area contributed by atoms with Crippen LogP contribution in [0.2, 0.25) is 0 Å². The van der Waals surface area contributed by atoms with E-state index in [4.69, 9.17) is 0 Å². The zero-order valence-electron chi connectivity index (χ0n) is 9.68. The topological polar surface area (TPSA) is 41.1 Å². The third-order valence-electron chi connectivity index (χ3n) is 3.81. The molecule has 2 N–H and O–H groups in total. The number of benzene rings is 1. The summed E-state index contributed by atoms with van der Waals surface area (Å²) in [6.45, 7) is 0. The van der Waals surface area contributed by atoms with Gasteiger partial charge in [0.25, 0.3) is 0 Å². The molecule has 0 heterocycles. The molecule has 17 heavy (non-hydrogen) atoms. The first-order chi connectivity index (χ1) is 8.29. The molecule has 0 spiro atoms. The SMILES string of the molecule is O=C(NS)Nc1c2c(cc3c1CCC3)CCC2. The van der Waals surface area contributed by atoms with Crippen LogP contribution in [-0.4, -0.2) is 6.03 Å². The Labute approximate surface area is 107 Å². The lowest BCUT2D eigenvalue weighted by atomic mass is 9.99. The van der Waals surface area contributed by atoms with E-state index in [1.807, 2.05) is 0 Å². The average molecular weight is 248 g/mol. The van der Waals surface area contributed by atoms with Gasteiger partial charge in [0.15, 0.2) is 0 Å². The van der Waals surface area contributed by atoms with Gasteiger partial charge in [-0.05, 0) is 60.8 Å². The molecule has 0 aromatic heterocycles. The number of aryl methyl sites for hydroxylation is 2. The molecule has 0 saturated heterocycles. The number of carbonyl (C=O) groups is 1. The second kappa shape index (κ2) is 4.26. The molecule has 4 heteroatoms. The van der Waals surface area contributed by atoms with Gasteiger partial charge in [0, 0.05) is 5.69 Å². The number of amides is 2.